The quantitative estimate of drug-likeness (QED) is 0.823. The van der Waals surface area contributed by atoms with Gasteiger partial charge in [-0.05, 0) is 56.3 Å². The molecule has 0 unspecified atom stereocenters. The minimum Gasteiger partial charge on any atom is -0.490 e. The summed E-state index contributed by atoms with van der Waals surface area (Å²) in [5.74, 6) is 1.44. The molecule has 2 N–H and O–H groups in total. The standard InChI is InChI=1S/C21H29N3O4/c25-20(23-16-5-1-2-9-22-21(16)26)14-24-10-3-6-17(24)15-7-8-18-19(13-15)28-12-4-11-27-18/h7-8,13,16-17H,1-6,9-12,14H2,(H,22,26)(H,23,25)/t16-,17-/m0/s1. The van der Waals surface area contributed by atoms with Crippen LogP contribution in [0.5, 0.6) is 11.5 Å². The summed E-state index contributed by atoms with van der Waals surface area (Å²) in [7, 11) is 0. The molecule has 7 nitrogen and oxygen atoms in total. The van der Waals surface area contributed by atoms with Crippen molar-refractivity contribution in [2.24, 2.45) is 0 Å². The molecule has 3 heterocycles. The molecule has 3 aliphatic rings. The Morgan fingerprint density at radius 2 is 1.96 bits per heavy atom. The van der Waals surface area contributed by atoms with Crippen LogP contribution in [0.4, 0.5) is 0 Å². The van der Waals surface area contributed by atoms with E-state index < -0.39 is 6.04 Å². The molecule has 2 saturated heterocycles. The lowest BCUT2D eigenvalue weighted by Gasteiger charge is -2.26. The first-order chi connectivity index (χ1) is 13.7. The predicted molar refractivity (Wildman–Crippen MR) is 104 cm³/mol. The van der Waals surface area contributed by atoms with Crippen molar-refractivity contribution < 1.29 is 19.1 Å². The molecule has 2 fully saturated rings. The third kappa shape index (κ3) is 4.41. The number of hydrogen-bond donors (Lipinski definition) is 2. The Balaban J connectivity index is 1.40. The number of carbonyl (C=O) groups excluding carboxylic acids is 2. The van der Waals surface area contributed by atoms with Crippen molar-refractivity contribution in [1.82, 2.24) is 15.5 Å². The van der Waals surface area contributed by atoms with Gasteiger partial charge in [0.1, 0.15) is 6.04 Å². The van der Waals surface area contributed by atoms with Crippen LogP contribution in [0.1, 0.15) is 50.1 Å². The summed E-state index contributed by atoms with van der Waals surface area (Å²) in [6.45, 7) is 3.23. The van der Waals surface area contributed by atoms with Crippen molar-refractivity contribution in [3.05, 3.63) is 23.8 Å². The highest BCUT2D eigenvalue weighted by molar-refractivity contribution is 5.88. The number of amides is 2. The smallest absolute Gasteiger partial charge is 0.242 e. The zero-order valence-corrected chi connectivity index (χ0v) is 16.2. The molecule has 1 aromatic rings. The number of ether oxygens (including phenoxy) is 2. The van der Waals surface area contributed by atoms with Crippen LogP contribution in [-0.2, 0) is 9.59 Å². The Morgan fingerprint density at radius 1 is 1.11 bits per heavy atom. The maximum atomic E-state index is 12.6. The molecule has 4 rings (SSSR count). The van der Waals surface area contributed by atoms with E-state index in [1.54, 1.807) is 0 Å². The van der Waals surface area contributed by atoms with Gasteiger partial charge in [0.2, 0.25) is 11.8 Å². The van der Waals surface area contributed by atoms with E-state index in [4.69, 9.17) is 9.47 Å². The van der Waals surface area contributed by atoms with Gasteiger partial charge in [-0.1, -0.05) is 6.07 Å². The highest BCUT2D eigenvalue weighted by Gasteiger charge is 2.30. The fourth-order valence-electron chi connectivity index (χ4n) is 4.28. The van der Waals surface area contributed by atoms with Crippen LogP contribution in [-0.4, -0.2) is 55.6 Å². The van der Waals surface area contributed by atoms with E-state index in [1.165, 1.54) is 0 Å². The van der Waals surface area contributed by atoms with Gasteiger partial charge in [0.05, 0.1) is 19.8 Å². The van der Waals surface area contributed by atoms with Gasteiger partial charge in [-0.3, -0.25) is 14.5 Å². The second kappa shape index (κ2) is 8.82. The van der Waals surface area contributed by atoms with E-state index in [2.05, 4.69) is 27.7 Å². The zero-order valence-electron chi connectivity index (χ0n) is 16.2. The lowest BCUT2D eigenvalue weighted by Crippen LogP contribution is -2.48. The minimum absolute atomic E-state index is 0.0632. The Kier molecular flexibility index (Phi) is 6.00. The maximum absolute atomic E-state index is 12.6. The number of fused-ring (bicyclic) bond motifs is 1. The molecular formula is C21H29N3O4. The third-order valence-corrected chi connectivity index (χ3v) is 5.74. The van der Waals surface area contributed by atoms with Crippen LogP contribution < -0.4 is 20.1 Å². The van der Waals surface area contributed by atoms with E-state index in [1.807, 2.05) is 6.07 Å². The zero-order chi connectivity index (χ0) is 19.3. The topological polar surface area (TPSA) is 79.9 Å². The van der Waals surface area contributed by atoms with E-state index in [0.717, 1.165) is 55.7 Å². The molecule has 0 bridgehead atoms. The van der Waals surface area contributed by atoms with Crippen molar-refractivity contribution in [1.29, 1.82) is 0 Å². The van der Waals surface area contributed by atoms with Crippen LogP contribution in [0.2, 0.25) is 0 Å². The fourth-order valence-corrected chi connectivity index (χ4v) is 4.28. The molecule has 7 heteroatoms. The summed E-state index contributed by atoms with van der Waals surface area (Å²) in [4.78, 5) is 26.9. The first-order valence-electron chi connectivity index (χ1n) is 10.4. The highest BCUT2D eigenvalue weighted by atomic mass is 16.5. The van der Waals surface area contributed by atoms with Crippen molar-refractivity contribution in [3.63, 3.8) is 0 Å². The van der Waals surface area contributed by atoms with Crippen molar-refractivity contribution in [2.75, 3.05) is 32.8 Å². The third-order valence-electron chi connectivity index (χ3n) is 5.74. The van der Waals surface area contributed by atoms with Gasteiger partial charge >= 0.3 is 0 Å². The molecule has 2 amide bonds. The first kappa shape index (κ1) is 19.1. The van der Waals surface area contributed by atoms with E-state index in [9.17, 15) is 9.59 Å². The molecule has 152 valence electrons. The number of nitrogens with zero attached hydrogens (tertiary/aromatic N) is 1. The first-order valence-corrected chi connectivity index (χ1v) is 10.4. The van der Waals surface area contributed by atoms with E-state index in [0.29, 0.717) is 32.7 Å². The van der Waals surface area contributed by atoms with Gasteiger partial charge in [-0.15, -0.1) is 0 Å². The van der Waals surface area contributed by atoms with Gasteiger partial charge in [0.15, 0.2) is 11.5 Å². The maximum Gasteiger partial charge on any atom is 0.242 e. The van der Waals surface area contributed by atoms with Crippen LogP contribution in [0.3, 0.4) is 0 Å². The molecule has 0 radical (unpaired) electrons. The molecule has 3 aliphatic heterocycles. The lowest BCUT2D eigenvalue weighted by atomic mass is 10.0. The Hall–Kier alpha value is -2.28. The molecule has 0 spiro atoms. The van der Waals surface area contributed by atoms with Gasteiger partial charge < -0.3 is 20.1 Å². The van der Waals surface area contributed by atoms with Crippen molar-refractivity contribution in [3.8, 4) is 11.5 Å². The summed E-state index contributed by atoms with van der Waals surface area (Å²) in [5, 5.41) is 5.80. The lowest BCUT2D eigenvalue weighted by molar-refractivity contribution is -0.129. The number of hydrogen-bond acceptors (Lipinski definition) is 5. The van der Waals surface area contributed by atoms with Crippen molar-refractivity contribution >= 4 is 11.8 Å². The number of benzene rings is 1. The van der Waals surface area contributed by atoms with Crippen LogP contribution in [0.25, 0.3) is 0 Å². The van der Waals surface area contributed by atoms with Gasteiger partial charge in [-0.2, -0.15) is 0 Å². The predicted octanol–water partition coefficient (Wildman–Crippen LogP) is 1.77. The molecule has 28 heavy (non-hydrogen) atoms. The van der Waals surface area contributed by atoms with Crippen molar-refractivity contribution in [2.45, 2.75) is 50.6 Å². The minimum atomic E-state index is -0.408. The number of nitrogens with one attached hydrogen (secondary N) is 2. The Morgan fingerprint density at radius 3 is 2.86 bits per heavy atom. The summed E-state index contributed by atoms with van der Waals surface area (Å²) in [6.07, 6.45) is 5.58. The molecule has 1 aromatic carbocycles. The summed E-state index contributed by atoms with van der Waals surface area (Å²) in [5.41, 5.74) is 1.15. The largest absolute Gasteiger partial charge is 0.490 e. The molecule has 0 aromatic heterocycles. The second-order valence-electron chi connectivity index (χ2n) is 7.79. The molecule has 0 saturated carbocycles. The van der Waals surface area contributed by atoms with E-state index in [-0.39, 0.29) is 17.9 Å². The summed E-state index contributed by atoms with van der Waals surface area (Å²) < 4.78 is 11.5. The highest BCUT2D eigenvalue weighted by Crippen LogP contribution is 2.37. The normalized spacial score (nSPS) is 25.5. The molecule has 2 atom stereocenters. The Bertz CT molecular complexity index is 724. The van der Waals surface area contributed by atoms with Gasteiger partial charge in [0.25, 0.3) is 0 Å². The number of likely N-dealkylation sites (tertiary alicyclic amines) is 1. The van der Waals surface area contributed by atoms with Crippen LogP contribution in [0, 0.1) is 0 Å². The second-order valence-corrected chi connectivity index (χ2v) is 7.79. The SMILES string of the molecule is O=C(CN1CCC[C@H]1c1ccc2c(c1)OCCCO2)N[C@H]1CCCCNC1=O. The summed E-state index contributed by atoms with van der Waals surface area (Å²) >= 11 is 0. The van der Waals surface area contributed by atoms with Gasteiger partial charge in [-0.25, -0.2) is 0 Å². The number of carbonyl (C=O) groups is 2. The molecular weight excluding hydrogens is 358 g/mol. The van der Waals surface area contributed by atoms with E-state index >= 15 is 0 Å². The monoisotopic (exact) mass is 387 g/mol. The fraction of sp³-hybridized carbons (Fsp3) is 0.619. The van der Waals surface area contributed by atoms with Gasteiger partial charge in [0, 0.05) is 19.0 Å². The Labute approximate surface area is 165 Å². The van der Waals surface area contributed by atoms with Crippen LogP contribution in [0.15, 0.2) is 18.2 Å². The average molecular weight is 387 g/mol. The van der Waals surface area contributed by atoms with Crippen LogP contribution >= 0.6 is 0 Å². The molecule has 0 aliphatic carbocycles. The average Bonchev–Trinajstić information content (AvgIpc) is 2.88. The summed E-state index contributed by atoms with van der Waals surface area (Å²) in [6, 6.07) is 5.88. The number of rotatable bonds is 4.